The number of hydrogen-bond donors (Lipinski definition) is 2. The summed E-state index contributed by atoms with van der Waals surface area (Å²) in [6.45, 7) is 7.03. The molecular weight excluding hydrogens is 548 g/mol. The number of rotatable bonds is 5. The van der Waals surface area contributed by atoms with Gasteiger partial charge in [-0.25, -0.2) is 9.78 Å². The first kappa shape index (κ1) is 27.2. The summed E-state index contributed by atoms with van der Waals surface area (Å²) in [4.78, 5) is 30.7. The number of benzene rings is 3. The molecule has 1 saturated heterocycles. The summed E-state index contributed by atoms with van der Waals surface area (Å²) in [5, 5.41) is 14.3. The highest BCUT2D eigenvalue weighted by Gasteiger charge is 2.60. The Kier molecular flexibility index (Phi) is 5.97. The van der Waals surface area contributed by atoms with Crippen LogP contribution >= 0.6 is 0 Å². The largest absolute Gasteiger partial charge is 0.507 e. The van der Waals surface area contributed by atoms with Crippen molar-refractivity contribution < 1.29 is 28.5 Å². The van der Waals surface area contributed by atoms with E-state index in [1.165, 1.54) is 6.07 Å². The van der Waals surface area contributed by atoms with E-state index in [2.05, 4.69) is 17.1 Å². The minimum absolute atomic E-state index is 0.0764. The van der Waals surface area contributed by atoms with Crippen molar-refractivity contribution in [1.82, 2.24) is 4.98 Å². The number of phenols is 1. The zero-order chi connectivity index (χ0) is 30.3. The molecule has 5 aromatic rings. The fourth-order valence-electron chi connectivity index (χ4n) is 6.26. The van der Waals surface area contributed by atoms with Gasteiger partial charge in [-0.05, 0) is 57.6 Å². The van der Waals surface area contributed by atoms with Crippen LogP contribution in [0.25, 0.3) is 32.6 Å². The maximum atomic E-state index is 13.5. The number of nitrogens with zero attached hydrogens (tertiary/aromatic N) is 1. The van der Waals surface area contributed by atoms with Crippen LogP contribution in [0.5, 0.6) is 11.5 Å². The van der Waals surface area contributed by atoms with Gasteiger partial charge >= 0.3 is 5.97 Å². The van der Waals surface area contributed by atoms with E-state index < -0.39 is 23.3 Å². The van der Waals surface area contributed by atoms with E-state index in [0.717, 1.165) is 27.2 Å². The van der Waals surface area contributed by atoms with Gasteiger partial charge in [0, 0.05) is 34.9 Å². The van der Waals surface area contributed by atoms with Crippen molar-refractivity contribution in [2.45, 2.75) is 70.4 Å². The molecule has 0 saturated carbocycles. The summed E-state index contributed by atoms with van der Waals surface area (Å²) >= 11 is 0. The average Bonchev–Trinajstić information content (AvgIpc) is 3.62. The molecule has 7 rings (SSSR count). The summed E-state index contributed by atoms with van der Waals surface area (Å²) in [7, 11) is 0. The minimum atomic E-state index is -1.11. The normalized spacial score (nSPS) is 22.3. The molecule has 4 heterocycles. The van der Waals surface area contributed by atoms with Crippen LogP contribution in [0, 0.1) is 6.92 Å². The fraction of sp³-hybridized carbons (Fsp3) is 0.324. The second-order valence-corrected chi connectivity index (χ2v) is 12.2. The second kappa shape index (κ2) is 9.44. The van der Waals surface area contributed by atoms with E-state index in [4.69, 9.17) is 24.4 Å². The van der Waals surface area contributed by atoms with Crippen molar-refractivity contribution in [3.05, 3.63) is 81.7 Å². The lowest BCUT2D eigenvalue weighted by atomic mass is 9.89. The molecule has 0 spiro atoms. The molecule has 2 aromatic heterocycles. The Bertz CT molecular complexity index is 2030. The molecule has 2 aliphatic rings. The summed E-state index contributed by atoms with van der Waals surface area (Å²) < 4.78 is 23.8. The van der Waals surface area contributed by atoms with Gasteiger partial charge in [-0.3, -0.25) is 4.79 Å². The van der Waals surface area contributed by atoms with E-state index in [1.807, 2.05) is 44.2 Å². The maximum Gasteiger partial charge on any atom is 0.341 e. The number of carbonyl (C=O) groups excluding carboxylic acids is 1. The van der Waals surface area contributed by atoms with Gasteiger partial charge in [0.1, 0.15) is 45.8 Å². The lowest BCUT2D eigenvalue weighted by Gasteiger charge is -2.39. The van der Waals surface area contributed by atoms with Crippen molar-refractivity contribution in [3.63, 3.8) is 0 Å². The van der Waals surface area contributed by atoms with Crippen molar-refractivity contribution >= 4 is 44.4 Å². The number of pyridine rings is 1. The Hall–Kier alpha value is -4.63. The molecule has 3 aromatic carbocycles. The average molecular weight is 581 g/mol. The zero-order valence-corrected chi connectivity index (χ0v) is 24.4. The van der Waals surface area contributed by atoms with Crippen molar-refractivity contribution in [2.75, 3.05) is 5.73 Å². The maximum absolute atomic E-state index is 13.5. The Morgan fingerprint density at radius 3 is 2.72 bits per heavy atom. The molecule has 220 valence electrons. The highest BCUT2D eigenvalue weighted by atomic mass is 16.7. The van der Waals surface area contributed by atoms with Gasteiger partial charge in [0.25, 0.3) is 0 Å². The number of aryl methyl sites for hydroxylation is 2. The van der Waals surface area contributed by atoms with Crippen LogP contribution in [0.2, 0.25) is 0 Å². The molecule has 3 unspecified atom stereocenters. The number of ether oxygens (including phenoxy) is 3. The van der Waals surface area contributed by atoms with Crippen LogP contribution in [-0.4, -0.2) is 39.5 Å². The molecule has 0 radical (unpaired) electrons. The third-order valence-corrected chi connectivity index (χ3v) is 8.80. The quantitative estimate of drug-likeness (QED) is 0.157. The molecule has 1 fully saturated rings. The smallest absolute Gasteiger partial charge is 0.341 e. The van der Waals surface area contributed by atoms with Gasteiger partial charge in [0.2, 0.25) is 0 Å². The number of esters is 1. The first-order chi connectivity index (χ1) is 20.4. The number of epoxide rings is 1. The Morgan fingerprint density at radius 2 is 1.91 bits per heavy atom. The first-order valence-electron chi connectivity index (χ1n) is 14.4. The number of aromatic nitrogens is 1. The highest BCUT2D eigenvalue weighted by molar-refractivity contribution is 6.06. The predicted octanol–water partition coefficient (Wildman–Crippen LogP) is 5.51. The van der Waals surface area contributed by atoms with E-state index >= 15 is 0 Å². The van der Waals surface area contributed by atoms with Gasteiger partial charge in [-0.15, -0.1) is 0 Å². The third-order valence-electron chi connectivity index (χ3n) is 8.80. The fourth-order valence-corrected chi connectivity index (χ4v) is 6.26. The van der Waals surface area contributed by atoms with Crippen molar-refractivity contribution in [2.24, 2.45) is 0 Å². The molecule has 9 heteroatoms. The monoisotopic (exact) mass is 580 g/mol. The minimum Gasteiger partial charge on any atom is -0.507 e. The third kappa shape index (κ3) is 4.46. The number of hydrogen-bond acceptors (Lipinski definition) is 9. The molecule has 9 nitrogen and oxygen atoms in total. The van der Waals surface area contributed by atoms with Crippen molar-refractivity contribution in [3.8, 4) is 11.5 Å². The number of fused-ring (bicyclic) bond motifs is 5. The van der Waals surface area contributed by atoms with Crippen LogP contribution in [-0.2, 0) is 27.1 Å². The molecule has 0 bridgehead atoms. The van der Waals surface area contributed by atoms with Gasteiger partial charge in [0.15, 0.2) is 11.0 Å². The van der Waals surface area contributed by atoms with Gasteiger partial charge < -0.3 is 29.5 Å². The van der Waals surface area contributed by atoms with E-state index in [0.29, 0.717) is 35.7 Å². The lowest BCUT2D eigenvalue weighted by Crippen LogP contribution is -2.50. The van der Waals surface area contributed by atoms with E-state index in [1.54, 1.807) is 19.9 Å². The standard InChI is InChI=1S/C34H32N2O7/c1-17-13-23(37)29-25(40-17)16-24-22(31(29)38)15-27(33(2,3)42-24)41-32(39)34(4)26(43-34)12-10-19-14-28(35)36-30-20-8-6-5-7-18(20)9-11-21(19)30/h5-9,11,13-14,16,26-27,38H,10,12,15H2,1-4H3,(H2,35,36). The zero-order valence-electron chi connectivity index (χ0n) is 24.4. The Labute approximate surface area is 247 Å². The molecule has 3 atom stereocenters. The summed E-state index contributed by atoms with van der Waals surface area (Å²) in [6.07, 6.45) is 0.331. The number of phenolic OH excluding ortho intramolecular Hbond substituents is 1. The number of carbonyl (C=O) groups is 1. The SMILES string of the molecule is Cc1cc(=O)c2c(O)c3c(cc2o1)OC(C)(C)C(OC(=O)C1(C)OC1CCc1cc(N)nc2c1ccc1ccccc12)C3. The number of nitrogens with two attached hydrogens (primary N) is 1. The number of aromatic hydroxyl groups is 1. The van der Waals surface area contributed by atoms with Crippen LogP contribution in [0.1, 0.15) is 44.1 Å². The van der Waals surface area contributed by atoms with Crippen LogP contribution in [0.3, 0.4) is 0 Å². The Morgan fingerprint density at radius 1 is 1.12 bits per heavy atom. The molecule has 0 amide bonds. The topological polar surface area (TPSA) is 137 Å². The second-order valence-electron chi connectivity index (χ2n) is 12.2. The summed E-state index contributed by atoms with van der Waals surface area (Å²) in [5.74, 6) is 0.547. The van der Waals surface area contributed by atoms with Crippen LogP contribution in [0.15, 0.2) is 63.8 Å². The van der Waals surface area contributed by atoms with Gasteiger partial charge in [-0.1, -0.05) is 36.4 Å². The molecule has 0 aliphatic carbocycles. The van der Waals surface area contributed by atoms with Crippen LogP contribution < -0.4 is 15.9 Å². The van der Waals surface area contributed by atoms with E-state index in [-0.39, 0.29) is 34.7 Å². The van der Waals surface area contributed by atoms with E-state index in [9.17, 15) is 14.7 Å². The molecular formula is C34H32N2O7. The highest BCUT2D eigenvalue weighted by Crippen LogP contribution is 2.45. The molecule has 3 N–H and O–H groups in total. The number of anilines is 1. The Balaban J connectivity index is 1.09. The van der Waals surface area contributed by atoms with Gasteiger partial charge in [0.05, 0.1) is 11.6 Å². The summed E-state index contributed by atoms with van der Waals surface area (Å²) in [5.41, 5.74) is 6.35. The molecule has 2 aliphatic heterocycles. The number of nitrogen functional groups attached to an aromatic ring is 1. The predicted molar refractivity (Wildman–Crippen MR) is 162 cm³/mol. The molecule has 43 heavy (non-hydrogen) atoms. The lowest BCUT2D eigenvalue weighted by molar-refractivity contribution is -0.166. The first-order valence-corrected chi connectivity index (χ1v) is 14.4. The summed E-state index contributed by atoms with van der Waals surface area (Å²) in [6, 6.07) is 17.0. The van der Waals surface area contributed by atoms with Gasteiger partial charge in [-0.2, -0.15) is 0 Å². The van der Waals surface area contributed by atoms with Crippen molar-refractivity contribution in [1.29, 1.82) is 0 Å². The van der Waals surface area contributed by atoms with Crippen LogP contribution in [0.4, 0.5) is 5.82 Å².